The van der Waals surface area contributed by atoms with E-state index < -0.39 is 18.1 Å². The van der Waals surface area contributed by atoms with Gasteiger partial charge in [0.2, 0.25) is 6.10 Å². The number of aromatic nitrogens is 1. The number of para-hydroxylation sites is 2. The first-order chi connectivity index (χ1) is 13.3. The van der Waals surface area contributed by atoms with E-state index in [1.54, 1.807) is 24.5 Å². The molecule has 1 aromatic heterocycles. The van der Waals surface area contributed by atoms with Gasteiger partial charge in [0, 0.05) is 18.0 Å². The second kappa shape index (κ2) is 7.70. The fourth-order valence-electron chi connectivity index (χ4n) is 2.81. The zero-order chi connectivity index (χ0) is 18.5. The largest absolute Gasteiger partial charge is 0.477 e. The third kappa shape index (κ3) is 3.79. The van der Waals surface area contributed by atoms with E-state index in [0.717, 1.165) is 11.1 Å². The average Bonchev–Trinajstić information content (AvgIpc) is 2.74. The summed E-state index contributed by atoms with van der Waals surface area (Å²) in [6, 6.07) is 20.4. The molecule has 27 heavy (non-hydrogen) atoms. The number of carbonyl (C=O) groups excluding carboxylic acids is 1. The Labute approximate surface area is 156 Å². The van der Waals surface area contributed by atoms with E-state index in [0.29, 0.717) is 11.5 Å². The van der Waals surface area contributed by atoms with Crippen LogP contribution >= 0.6 is 0 Å². The highest BCUT2D eigenvalue weighted by Gasteiger charge is 2.38. The summed E-state index contributed by atoms with van der Waals surface area (Å²) in [5.41, 5.74) is 4.16. The first-order valence-electron chi connectivity index (χ1n) is 8.51. The van der Waals surface area contributed by atoms with Crippen molar-refractivity contribution >= 4 is 12.1 Å². The van der Waals surface area contributed by atoms with Gasteiger partial charge >= 0.3 is 0 Å². The number of amides is 1. The minimum Gasteiger partial charge on any atom is -0.477 e. The number of carbonyl (C=O) groups is 1. The number of nitrogens with one attached hydrogen (secondary N) is 1. The Morgan fingerprint density at radius 3 is 2.44 bits per heavy atom. The quantitative estimate of drug-likeness (QED) is 0.574. The molecular formula is C21H17N3O3. The van der Waals surface area contributed by atoms with Gasteiger partial charge < -0.3 is 9.47 Å². The van der Waals surface area contributed by atoms with Crippen LogP contribution in [0.4, 0.5) is 0 Å². The molecule has 4 rings (SSSR count). The molecule has 0 unspecified atom stereocenters. The van der Waals surface area contributed by atoms with Gasteiger partial charge in [-0.25, -0.2) is 5.43 Å². The molecule has 134 valence electrons. The van der Waals surface area contributed by atoms with Crippen LogP contribution in [0, 0.1) is 0 Å². The molecule has 0 saturated carbocycles. The highest BCUT2D eigenvalue weighted by molar-refractivity contribution is 5.85. The van der Waals surface area contributed by atoms with Crippen molar-refractivity contribution < 1.29 is 14.3 Å². The van der Waals surface area contributed by atoms with Crippen molar-refractivity contribution in [2.24, 2.45) is 5.10 Å². The summed E-state index contributed by atoms with van der Waals surface area (Å²) in [5, 5.41) is 4.00. The maximum Gasteiger partial charge on any atom is 0.285 e. The van der Waals surface area contributed by atoms with E-state index in [1.165, 1.54) is 6.21 Å². The van der Waals surface area contributed by atoms with E-state index in [1.807, 2.05) is 54.6 Å². The third-order valence-corrected chi connectivity index (χ3v) is 4.09. The molecule has 1 aliphatic heterocycles. The summed E-state index contributed by atoms with van der Waals surface area (Å²) in [4.78, 5) is 16.7. The van der Waals surface area contributed by atoms with Gasteiger partial charge in [0.15, 0.2) is 17.6 Å². The van der Waals surface area contributed by atoms with Gasteiger partial charge in [-0.05, 0) is 23.8 Å². The molecule has 3 aromatic rings. The maximum absolute atomic E-state index is 12.7. The minimum absolute atomic E-state index is 0.390. The molecule has 2 heterocycles. The minimum atomic E-state index is -0.867. The molecule has 0 aliphatic carbocycles. The molecule has 2 atom stereocenters. The summed E-state index contributed by atoms with van der Waals surface area (Å²) in [6.07, 6.45) is 3.41. The number of benzene rings is 2. The lowest BCUT2D eigenvalue weighted by molar-refractivity contribution is -0.134. The molecule has 1 N–H and O–H groups in total. The van der Waals surface area contributed by atoms with Gasteiger partial charge in [0.05, 0.1) is 6.21 Å². The van der Waals surface area contributed by atoms with E-state index >= 15 is 0 Å². The van der Waals surface area contributed by atoms with Crippen LogP contribution in [0.25, 0.3) is 0 Å². The lowest BCUT2D eigenvalue weighted by atomic mass is 10.0. The van der Waals surface area contributed by atoms with Gasteiger partial charge in [0.1, 0.15) is 0 Å². The highest BCUT2D eigenvalue weighted by Crippen LogP contribution is 2.39. The maximum atomic E-state index is 12.7. The zero-order valence-electron chi connectivity index (χ0n) is 14.4. The van der Waals surface area contributed by atoms with Crippen LogP contribution in [-0.4, -0.2) is 23.2 Å². The molecule has 6 heteroatoms. The van der Waals surface area contributed by atoms with Crippen LogP contribution < -0.4 is 14.9 Å². The number of ether oxygens (including phenoxy) is 2. The number of nitrogens with zero attached hydrogens (tertiary/aromatic N) is 2. The summed E-state index contributed by atoms with van der Waals surface area (Å²) < 4.78 is 12.0. The summed E-state index contributed by atoms with van der Waals surface area (Å²) >= 11 is 0. The molecule has 1 aliphatic rings. The van der Waals surface area contributed by atoms with Crippen molar-refractivity contribution in [2.75, 3.05) is 0 Å². The topological polar surface area (TPSA) is 72.8 Å². The Morgan fingerprint density at radius 1 is 0.963 bits per heavy atom. The van der Waals surface area contributed by atoms with Crippen LogP contribution in [0.15, 0.2) is 84.2 Å². The lowest BCUT2D eigenvalue weighted by Crippen LogP contribution is -2.44. The van der Waals surface area contributed by atoms with Gasteiger partial charge in [0.25, 0.3) is 5.91 Å². The second-order valence-corrected chi connectivity index (χ2v) is 5.95. The smallest absolute Gasteiger partial charge is 0.285 e. The zero-order valence-corrected chi connectivity index (χ0v) is 14.4. The predicted molar refractivity (Wildman–Crippen MR) is 101 cm³/mol. The van der Waals surface area contributed by atoms with Gasteiger partial charge in [-0.15, -0.1) is 0 Å². The Bertz CT molecular complexity index is 945. The molecule has 1 amide bonds. The summed E-state index contributed by atoms with van der Waals surface area (Å²) in [6.45, 7) is 0. The first kappa shape index (κ1) is 16.8. The Hall–Kier alpha value is -3.67. The predicted octanol–water partition coefficient (Wildman–Crippen LogP) is 3.11. The number of rotatable bonds is 4. The van der Waals surface area contributed by atoms with E-state index in [2.05, 4.69) is 15.5 Å². The highest BCUT2D eigenvalue weighted by atomic mass is 16.6. The number of hydrogen-bond donors (Lipinski definition) is 1. The van der Waals surface area contributed by atoms with Crippen molar-refractivity contribution in [3.05, 3.63) is 90.3 Å². The van der Waals surface area contributed by atoms with Crippen molar-refractivity contribution in [1.29, 1.82) is 0 Å². The van der Waals surface area contributed by atoms with Gasteiger partial charge in [-0.3, -0.25) is 9.78 Å². The molecule has 0 saturated heterocycles. The van der Waals surface area contributed by atoms with Crippen LogP contribution in [0.2, 0.25) is 0 Å². The van der Waals surface area contributed by atoms with E-state index in [4.69, 9.17) is 9.47 Å². The van der Waals surface area contributed by atoms with E-state index in [-0.39, 0.29) is 0 Å². The fraction of sp³-hybridized carbons (Fsp3) is 0.0952. The second-order valence-electron chi connectivity index (χ2n) is 5.95. The average molecular weight is 359 g/mol. The first-order valence-corrected chi connectivity index (χ1v) is 8.51. The van der Waals surface area contributed by atoms with Crippen LogP contribution in [0.3, 0.4) is 0 Å². The van der Waals surface area contributed by atoms with Gasteiger partial charge in [-0.2, -0.15) is 5.10 Å². The lowest BCUT2D eigenvalue weighted by Gasteiger charge is -2.32. The summed E-state index contributed by atoms with van der Waals surface area (Å²) in [5.74, 6) is 0.744. The van der Waals surface area contributed by atoms with Crippen LogP contribution in [0.1, 0.15) is 17.2 Å². The Kier molecular flexibility index (Phi) is 4.78. The molecule has 6 nitrogen and oxygen atoms in total. The molecular weight excluding hydrogens is 342 g/mol. The molecule has 2 aromatic carbocycles. The molecule has 0 radical (unpaired) electrons. The van der Waals surface area contributed by atoms with Gasteiger partial charge in [-0.1, -0.05) is 48.5 Å². The normalized spacial score (nSPS) is 18.2. The van der Waals surface area contributed by atoms with Crippen LogP contribution in [0.5, 0.6) is 11.5 Å². The van der Waals surface area contributed by atoms with Crippen molar-refractivity contribution in [2.45, 2.75) is 12.2 Å². The SMILES string of the molecule is O=C(N/N=C\c1cccnc1)[C@H]1Oc2ccccc2O[C@@H]1c1ccccc1. The monoisotopic (exact) mass is 359 g/mol. The molecule has 0 spiro atoms. The number of pyridine rings is 1. The van der Waals surface area contributed by atoms with Crippen molar-refractivity contribution in [1.82, 2.24) is 10.4 Å². The van der Waals surface area contributed by atoms with Crippen LogP contribution in [-0.2, 0) is 4.79 Å². The number of hydrogen-bond acceptors (Lipinski definition) is 5. The van der Waals surface area contributed by atoms with Crippen molar-refractivity contribution in [3.63, 3.8) is 0 Å². The molecule has 0 fully saturated rings. The third-order valence-electron chi connectivity index (χ3n) is 4.09. The Morgan fingerprint density at radius 2 is 1.70 bits per heavy atom. The summed E-state index contributed by atoms with van der Waals surface area (Å²) in [7, 11) is 0. The van der Waals surface area contributed by atoms with Crippen molar-refractivity contribution in [3.8, 4) is 11.5 Å². The Balaban J connectivity index is 1.56. The van der Waals surface area contributed by atoms with E-state index in [9.17, 15) is 4.79 Å². The molecule has 0 bridgehead atoms. The standard InChI is InChI=1S/C21H17N3O3/c25-21(24-23-14-15-7-6-12-22-13-15)20-19(16-8-2-1-3-9-16)26-17-10-4-5-11-18(17)27-20/h1-14,19-20H,(H,24,25)/b23-14-/t19-,20+/m1/s1. The fourth-order valence-corrected chi connectivity index (χ4v) is 2.81. The number of hydrazone groups is 1. The number of fused-ring (bicyclic) bond motifs is 1.